The predicted octanol–water partition coefficient (Wildman–Crippen LogP) is 4.10. The highest BCUT2D eigenvalue weighted by Crippen LogP contribution is 2.32. The van der Waals surface area contributed by atoms with Gasteiger partial charge in [-0.15, -0.1) is 11.3 Å². The molecule has 3 aromatic heterocycles. The van der Waals surface area contributed by atoms with E-state index in [-0.39, 0.29) is 17.9 Å². The van der Waals surface area contributed by atoms with Gasteiger partial charge in [0.25, 0.3) is 5.91 Å². The van der Waals surface area contributed by atoms with E-state index >= 15 is 0 Å². The van der Waals surface area contributed by atoms with Crippen LogP contribution in [0, 0.1) is 0 Å². The Morgan fingerprint density at radius 2 is 2.33 bits per heavy atom. The first-order valence-electron chi connectivity index (χ1n) is 8.34. The lowest BCUT2D eigenvalue weighted by Gasteiger charge is -2.33. The van der Waals surface area contributed by atoms with E-state index in [0.717, 1.165) is 36.0 Å². The number of carbonyl (C=O) groups is 1. The van der Waals surface area contributed by atoms with Gasteiger partial charge in [-0.3, -0.25) is 4.79 Å². The quantitative estimate of drug-likeness (QED) is 0.776. The summed E-state index contributed by atoms with van der Waals surface area (Å²) in [5.41, 5.74) is 1.64. The molecule has 0 spiro atoms. The number of fused-ring (bicyclic) bond motifs is 1. The fraction of sp³-hybridized carbons (Fsp3) is 0.471. The molecular weight excluding hydrogens is 324 g/mol. The number of hydrogen-bond acceptors (Lipinski definition) is 5. The third-order valence-electron chi connectivity index (χ3n) is 4.49. The number of hydrogen-bond donors (Lipinski definition) is 1. The highest BCUT2D eigenvalue weighted by molar-refractivity contribution is 7.17. The van der Waals surface area contributed by atoms with Crippen molar-refractivity contribution >= 4 is 27.5 Å². The number of aromatic amines is 1. The average Bonchev–Trinajstić information content (AvgIpc) is 3.29. The average molecular weight is 344 g/mol. The molecule has 4 rings (SSSR count). The first-order valence-corrected chi connectivity index (χ1v) is 9.22. The minimum atomic E-state index is -0.132. The monoisotopic (exact) mass is 344 g/mol. The van der Waals surface area contributed by atoms with E-state index in [1.54, 1.807) is 11.3 Å². The molecule has 1 aliphatic rings. The Bertz CT molecular complexity index is 834. The normalized spacial score (nSPS) is 18.6. The molecule has 126 valence electrons. The predicted molar refractivity (Wildman–Crippen MR) is 92.2 cm³/mol. The molecule has 1 amide bonds. The molecule has 4 heterocycles. The van der Waals surface area contributed by atoms with Gasteiger partial charge in [0.15, 0.2) is 5.82 Å². The van der Waals surface area contributed by atoms with Crippen molar-refractivity contribution in [1.82, 2.24) is 20.0 Å². The van der Waals surface area contributed by atoms with E-state index in [9.17, 15) is 4.79 Å². The molecule has 0 bridgehead atoms. The molecule has 6 nitrogen and oxygen atoms in total. The van der Waals surface area contributed by atoms with Crippen LogP contribution in [0.1, 0.15) is 67.3 Å². The molecule has 3 aromatic rings. The Balaban J connectivity index is 1.63. The molecule has 1 fully saturated rings. The standard InChI is InChI=1S/C17H20N4O2S/c1-10(2)15-19-16(23-20-15)13-5-3-4-7-21(13)17(22)12-9-14-11(18-12)6-8-24-14/h6,8-10,13,18H,3-5,7H2,1-2H3/t13-/m1/s1. The first-order chi connectivity index (χ1) is 11.6. The van der Waals surface area contributed by atoms with Crippen molar-refractivity contribution in [1.29, 1.82) is 0 Å². The van der Waals surface area contributed by atoms with Crippen molar-refractivity contribution in [2.24, 2.45) is 0 Å². The highest BCUT2D eigenvalue weighted by Gasteiger charge is 2.33. The molecule has 0 saturated carbocycles. The zero-order valence-electron chi connectivity index (χ0n) is 13.8. The molecular formula is C17H20N4O2S. The number of likely N-dealkylation sites (tertiary alicyclic amines) is 1. The van der Waals surface area contributed by atoms with E-state index in [0.29, 0.717) is 17.4 Å². The highest BCUT2D eigenvalue weighted by atomic mass is 32.1. The summed E-state index contributed by atoms with van der Waals surface area (Å²) in [6, 6.07) is 3.80. The van der Waals surface area contributed by atoms with E-state index in [1.807, 2.05) is 36.3 Å². The van der Waals surface area contributed by atoms with Crippen molar-refractivity contribution in [2.75, 3.05) is 6.54 Å². The zero-order chi connectivity index (χ0) is 16.7. The van der Waals surface area contributed by atoms with Crippen LogP contribution in [-0.2, 0) is 0 Å². The number of thiophene rings is 1. The van der Waals surface area contributed by atoms with Crippen LogP contribution in [0.25, 0.3) is 10.2 Å². The van der Waals surface area contributed by atoms with Crippen LogP contribution < -0.4 is 0 Å². The van der Waals surface area contributed by atoms with Gasteiger partial charge in [-0.1, -0.05) is 19.0 Å². The Morgan fingerprint density at radius 3 is 3.08 bits per heavy atom. The number of H-pyrrole nitrogens is 1. The second-order valence-corrected chi connectivity index (χ2v) is 7.48. The maximum atomic E-state index is 13.0. The minimum absolute atomic E-state index is 0.00685. The summed E-state index contributed by atoms with van der Waals surface area (Å²) in [5.74, 6) is 1.47. The summed E-state index contributed by atoms with van der Waals surface area (Å²) in [5, 5.41) is 6.07. The number of aromatic nitrogens is 3. The van der Waals surface area contributed by atoms with Crippen LogP contribution in [0.3, 0.4) is 0 Å². The Kier molecular flexibility index (Phi) is 3.88. The molecule has 1 saturated heterocycles. The molecule has 0 aliphatic carbocycles. The fourth-order valence-corrected chi connectivity index (χ4v) is 3.95. The lowest BCUT2D eigenvalue weighted by molar-refractivity contribution is 0.0556. The number of nitrogens with one attached hydrogen (secondary N) is 1. The van der Waals surface area contributed by atoms with Crippen molar-refractivity contribution < 1.29 is 9.32 Å². The fourth-order valence-electron chi connectivity index (χ4n) is 3.17. The summed E-state index contributed by atoms with van der Waals surface area (Å²) in [7, 11) is 0. The number of carbonyl (C=O) groups excluding carboxylic acids is 1. The Labute approximate surface area is 143 Å². The molecule has 7 heteroatoms. The molecule has 1 N–H and O–H groups in total. The van der Waals surface area contributed by atoms with E-state index < -0.39 is 0 Å². The lowest BCUT2D eigenvalue weighted by atomic mass is 10.0. The molecule has 0 aromatic carbocycles. The second kappa shape index (κ2) is 6.05. The summed E-state index contributed by atoms with van der Waals surface area (Å²) in [4.78, 5) is 22.6. The van der Waals surface area contributed by atoms with E-state index in [1.165, 1.54) is 0 Å². The number of nitrogens with zero attached hydrogens (tertiary/aromatic N) is 3. The van der Waals surface area contributed by atoms with Crippen LogP contribution >= 0.6 is 11.3 Å². The van der Waals surface area contributed by atoms with Gasteiger partial charge >= 0.3 is 0 Å². The van der Waals surface area contributed by atoms with Crippen molar-refractivity contribution in [3.8, 4) is 0 Å². The summed E-state index contributed by atoms with van der Waals surface area (Å²) < 4.78 is 6.57. The van der Waals surface area contributed by atoms with Gasteiger partial charge in [0, 0.05) is 12.5 Å². The van der Waals surface area contributed by atoms with Gasteiger partial charge in [0.2, 0.25) is 5.89 Å². The topological polar surface area (TPSA) is 75.0 Å². The maximum absolute atomic E-state index is 13.0. The third-order valence-corrected chi connectivity index (χ3v) is 5.36. The second-order valence-electron chi connectivity index (χ2n) is 6.54. The van der Waals surface area contributed by atoms with Gasteiger partial charge in [0.05, 0.1) is 10.2 Å². The zero-order valence-corrected chi connectivity index (χ0v) is 14.6. The van der Waals surface area contributed by atoms with Gasteiger partial charge in [-0.05, 0) is 36.8 Å². The summed E-state index contributed by atoms with van der Waals surface area (Å²) >= 11 is 1.63. The molecule has 0 unspecified atom stereocenters. The summed E-state index contributed by atoms with van der Waals surface area (Å²) in [6.07, 6.45) is 2.93. The van der Waals surface area contributed by atoms with Crippen molar-refractivity contribution in [3.63, 3.8) is 0 Å². The van der Waals surface area contributed by atoms with Crippen LogP contribution in [0.2, 0.25) is 0 Å². The minimum Gasteiger partial charge on any atom is -0.350 e. The number of amides is 1. The van der Waals surface area contributed by atoms with Crippen LogP contribution in [0.4, 0.5) is 0 Å². The van der Waals surface area contributed by atoms with Crippen LogP contribution in [-0.4, -0.2) is 32.5 Å². The van der Waals surface area contributed by atoms with Crippen molar-refractivity contribution in [3.05, 3.63) is 34.9 Å². The molecule has 1 aliphatic heterocycles. The maximum Gasteiger partial charge on any atom is 0.271 e. The van der Waals surface area contributed by atoms with Crippen LogP contribution in [0.5, 0.6) is 0 Å². The largest absolute Gasteiger partial charge is 0.350 e. The number of piperidine rings is 1. The van der Waals surface area contributed by atoms with Gasteiger partial charge in [-0.2, -0.15) is 4.98 Å². The van der Waals surface area contributed by atoms with Gasteiger partial charge in [0.1, 0.15) is 11.7 Å². The number of rotatable bonds is 3. The van der Waals surface area contributed by atoms with Gasteiger partial charge < -0.3 is 14.4 Å². The SMILES string of the molecule is CC(C)c1noc([C@H]2CCCCN2C(=O)c2cc3sccc3[nH]2)n1. The molecule has 0 radical (unpaired) electrons. The lowest BCUT2D eigenvalue weighted by Crippen LogP contribution is -2.38. The van der Waals surface area contributed by atoms with E-state index in [4.69, 9.17) is 4.52 Å². The smallest absolute Gasteiger partial charge is 0.271 e. The van der Waals surface area contributed by atoms with E-state index in [2.05, 4.69) is 15.1 Å². The Hall–Kier alpha value is -2.15. The van der Waals surface area contributed by atoms with Crippen molar-refractivity contribution in [2.45, 2.75) is 45.1 Å². The third kappa shape index (κ3) is 2.62. The van der Waals surface area contributed by atoms with Crippen LogP contribution in [0.15, 0.2) is 22.0 Å². The van der Waals surface area contributed by atoms with Gasteiger partial charge in [-0.25, -0.2) is 0 Å². The molecule has 24 heavy (non-hydrogen) atoms. The summed E-state index contributed by atoms with van der Waals surface area (Å²) in [6.45, 7) is 4.78. The Morgan fingerprint density at radius 1 is 1.46 bits per heavy atom. The molecule has 1 atom stereocenters. The first kappa shape index (κ1) is 15.4.